The number of carbonyl (C=O) groups is 3. The fraction of sp³-hybridized carbons (Fsp3) is 0.435. The maximum Gasteiger partial charge on any atom is 0.338 e. The maximum absolute atomic E-state index is 12.8. The Labute approximate surface area is 194 Å². The summed E-state index contributed by atoms with van der Waals surface area (Å²) >= 11 is 1.24. The van der Waals surface area contributed by atoms with Crippen molar-refractivity contribution < 1.29 is 23.9 Å². The van der Waals surface area contributed by atoms with Gasteiger partial charge in [0.2, 0.25) is 5.91 Å². The first-order chi connectivity index (χ1) is 16.0. The molecule has 33 heavy (non-hydrogen) atoms. The normalized spacial score (nSPS) is 17.2. The highest BCUT2D eigenvalue weighted by Gasteiger charge is 2.27. The molecule has 3 heterocycles. The van der Waals surface area contributed by atoms with E-state index in [2.05, 4.69) is 4.98 Å². The molecule has 0 N–H and O–H groups in total. The molecular weight excluding hydrogens is 446 g/mol. The van der Waals surface area contributed by atoms with Gasteiger partial charge in [-0.15, -0.1) is 0 Å². The number of ether oxygens (including phenoxy) is 2. The van der Waals surface area contributed by atoms with Gasteiger partial charge in [-0.25, -0.2) is 14.6 Å². The van der Waals surface area contributed by atoms with Crippen LogP contribution in [0.15, 0.2) is 34.1 Å². The molecule has 0 radical (unpaired) electrons. The van der Waals surface area contributed by atoms with Crippen molar-refractivity contribution in [3.8, 4) is 0 Å². The largest absolute Gasteiger partial charge is 0.463 e. The maximum atomic E-state index is 12.8. The zero-order valence-corrected chi connectivity index (χ0v) is 19.2. The Bertz CT molecular complexity index is 1190. The van der Waals surface area contributed by atoms with Crippen molar-refractivity contribution in [1.29, 1.82) is 0 Å². The number of aromatic nitrogens is 2. The first-order valence-electron chi connectivity index (χ1n) is 11.0. The summed E-state index contributed by atoms with van der Waals surface area (Å²) in [6.07, 6.45) is 5.02. The van der Waals surface area contributed by atoms with Crippen molar-refractivity contribution in [1.82, 2.24) is 14.5 Å². The molecule has 2 aliphatic rings. The third-order valence-corrected chi connectivity index (χ3v) is 6.56. The number of rotatable bonds is 6. The SMILES string of the molecule is CCOC(=O)/C=C1\SCC(=O)N1CCOC(=O)c1ccc2c(=O)n3c(nc2c1)CCCCC3. The van der Waals surface area contributed by atoms with Gasteiger partial charge in [-0.3, -0.25) is 14.2 Å². The van der Waals surface area contributed by atoms with E-state index in [-0.39, 0.29) is 42.5 Å². The molecule has 0 aliphatic carbocycles. The fourth-order valence-corrected chi connectivity index (χ4v) is 4.87. The Kier molecular flexibility index (Phi) is 7.12. The number of hydrogen-bond donors (Lipinski definition) is 0. The van der Waals surface area contributed by atoms with E-state index >= 15 is 0 Å². The highest BCUT2D eigenvalue weighted by molar-refractivity contribution is 8.04. The van der Waals surface area contributed by atoms with Crippen molar-refractivity contribution in [3.63, 3.8) is 0 Å². The van der Waals surface area contributed by atoms with Crippen LogP contribution >= 0.6 is 11.8 Å². The second kappa shape index (κ2) is 10.2. The molecule has 1 fully saturated rings. The van der Waals surface area contributed by atoms with Crippen LogP contribution in [-0.4, -0.2) is 57.8 Å². The van der Waals surface area contributed by atoms with E-state index < -0.39 is 11.9 Å². The van der Waals surface area contributed by atoms with Gasteiger partial charge in [-0.1, -0.05) is 18.2 Å². The number of aryl methyl sites for hydroxylation is 1. The van der Waals surface area contributed by atoms with Crippen molar-refractivity contribution in [2.24, 2.45) is 0 Å². The van der Waals surface area contributed by atoms with E-state index in [1.165, 1.54) is 22.7 Å². The van der Waals surface area contributed by atoms with E-state index in [0.29, 0.717) is 22.5 Å². The average molecular weight is 472 g/mol. The number of nitrogens with zero attached hydrogens (tertiary/aromatic N) is 3. The number of hydrogen-bond acceptors (Lipinski definition) is 8. The first kappa shape index (κ1) is 23.0. The summed E-state index contributed by atoms with van der Waals surface area (Å²) in [5.41, 5.74) is 0.688. The molecule has 0 saturated carbocycles. The average Bonchev–Trinajstić information content (AvgIpc) is 2.99. The summed E-state index contributed by atoms with van der Waals surface area (Å²) in [5, 5.41) is 0.955. The predicted octanol–water partition coefficient (Wildman–Crippen LogP) is 2.26. The molecule has 4 rings (SSSR count). The lowest BCUT2D eigenvalue weighted by Crippen LogP contribution is -2.29. The van der Waals surface area contributed by atoms with Gasteiger partial charge < -0.3 is 14.4 Å². The highest BCUT2D eigenvalue weighted by Crippen LogP contribution is 2.28. The molecule has 1 aromatic carbocycles. The summed E-state index contributed by atoms with van der Waals surface area (Å²) < 4.78 is 12.0. The third-order valence-electron chi connectivity index (χ3n) is 5.54. The Morgan fingerprint density at radius 3 is 2.85 bits per heavy atom. The van der Waals surface area contributed by atoms with Crippen LogP contribution < -0.4 is 5.56 Å². The summed E-state index contributed by atoms with van der Waals surface area (Å²) in [5.74, 6) is -0.280. The second-order valence-corrected chi connectivity index (χ2v) is 8.73. The molecule has 2 aliphatic heterocycles. The molecule has 0 bridgehead atoms. The molecule has 174 valence electrons. The number of thioether (sulfide) groups is 1. The van der Waals surface area contributed by atoms with Crippen molar-refractivity contribution >= 4 is 40.5 Å². The van der Waals surface area contributed by atoms with Gasteiger partial charge in [0.05, 0.1) is 46.5 Å². The van der Waals surface area contributed by atoms with Gasteiger partial charge in [0, 0.05) is 13.0 Å². The summed E-state index contributed by atoms with van der Waals surface area (Å²) in [6.45, 7) is 2.71. The lowest BCUT2D eigenvalue weighted by molar-refractivity contribution is -0.137. The van der Waals surface area contributed by atoms with Crippen LogP contribution in [0.25, 0.3) is 10.9 Å². The minimum Gasteiger partial charge on any atom is -0.463 e. The standard InChI is InChI=1S/C23H25N3O6S/c1-2-31-21(28)13-20-26(19(27)14-33-20)10-11-32-23(30)15-7-8-16-17(12-15)24-18-6-4-3-5-9-25(18)22(16)29/h7-8,12-13H,2-6,9-11,14H2,1H3/b20-13-. The van der Waals surface area contributed by atoms with Crippen LogP contribution in [0.2, 0.25) is 0 Å². The minimum atomic E-state index is -0.566. The lowest BCUT2D eigenvalue weighted by atomic mass is 10.1. The highest BCUT2D eigenvalue weighted by atomic mass is 32.2. The third kappa shape index (κ3) is 5.11. The smallest absolute Gasteiger partial charge is 0.338 e. The molecule has 1 amide bonds. The van der Waals surface area contributed by atoms with E-state index in [4.69, 9.17) is 9.47 Å². The van der Waals surface area contributed by atoms with Gasteiger partial charge >= 0.3 is 11.9 Å². The van der Waals surface area contributed by atoms with Crippen LogP contribution in [-0.2, 0) is 32.0 Å². The van der Waals surface area contributed by atoms with Gasteiger partial charge in [-0.05, 0) is 38.0 Å². The molecule has 9 nitrogen and oxygen atoms in total. The second-order valence-electron chi connectivity index (χ2n) is 7.73. The fourth-order valence-electron chi connectivity index (χ4n) is 3.91. The van der Waals surface area contributed by atoms with E-state index in [0.717, 1.165) is 31.5 Å². The Morgan fingerprint density at radius 2 is 2.03 bits per heavy atom. The van der Waals surface area contributed by atoms with Gasteiger partial charge in [0.25, 0.3) is 5.56 Å². The lowest BCUT2D eigenvalue weighted by Gasteiger charge is -2.17. The first-order valence-corrected chi connectivity index (χ1v) is 12.0. The van der Waals surface area contributed by atoms with Crippen LogP contribution in [0.5, 0.6) is 0 Å². The van der Waals surface area contributed by atoms with E-state index in [1.807, 2.05) is 0 Å². The van der Waals surface area contributed by atoms with E-state index in [1.54, 1.807) is 29.7 Å². The molecule has 1 saturated heterocycles. The summed E-state index contributed by atoms with van der Waals surface area (Å²) in [7, 11) is 0. The monoisotopic (exact) mass is 471 g/mol. The zero-order chi connectivity index (χ0) is 23.4. The quantitative estimate of drug-likeness (QED) is 0.466. The Balaban J connectivity index is 1.44. The Hall–Kier alpha value is -3.14. The number of benzene rings is 1. The molecule has 0 unspecified atom stereocenters. The number of fused-ring (bicyclic) bond motifs is 2. The van der Waals surface area contributed by atoms with Crippen LogP contribution in [0.3, 0.4) is 0 Å². The van der Waals surface area contributed by atoms with Crippen LogP contribution in [0.4, 0.5) is 0 Å². The molecule has 0 atom stereocenters. The van der Waals surface area contributed by atoms with Crippen molar-refractivity contribution in [2.75, 3.05) is 25.5 Å². The predicted molar refractivity (Wildman–Crippen MR) is 123 cm³/mol. The Morgan fingerprint density at radius 1 is 1.18 bits per heavy atom. The molecule has 1 aromatic heterocycles. The van der Waals surface area contributed by atoms with E-state index in [9.17, 15) is 19.2 Å². The summed E-state index contributed by atoms with van der Waals surface area (Å²) in [4.78, 5) is 55.3. The minimum absolute atomic E-state index is 0.0381. The topological polar surface area (TPSA) is 108 Å². The van der Waals surface area contributed by atoms with Gasteiger partial charge in [0.1, 0.15) is 12.4 Å². The summed E-state index contributed by atoms with van der Waals surface area (Å²) in [6, 6.07) is 4.74. The molecule has 10 heteroatoms. The van der Waals surface area contributed by atoms with Crippen molar-refractivity contribution in [3.05, 3.63) is 51.0 Å². The van der Waals surface area contributed by atoms with Gasteiger partial charge in [-0.2, -0.15) is 0 Å². The molecule has 2 aromatic rings. The van der Waals surface area contributed by atoms with Crippen LogP contribution in [0.1, 0.15) is 42.4 Å². The number of amides is 1. The molecular formula is C23H25N3O6S. The molecule has 0 spiro atoms. The van der Waals surface area contributed by atoms with Crippen LogP contribution in [0, 0.1) is 0 Å². The zero-order valence-electron chi connectivity index (χ0n) is 18.4. The van der Waals surface area contributed by atoms with Gasteiger partial charge in [0.15, 0.2) is 0 Å². The van der Waals surface area contributed by atoms with Crippen molar-refractivity contribution in [2.45, 2.75) is 39.2 Å². The number of carbonyl (C=O) groups excluding carboxylic acids is 3. The number of esters is 2.